The van der Waals surface area contributed by atoms with Crippen LogP contribution < -0.4 is 5.32 Å². The molecule has 0 heterocycles. The van der Waals surface area contributed by atoms with E-state index >= 15 is 0 Å². The van der Waals surface area contributed by atoms with Crippen LogP contribution in [0.4, 0.5) is 15.8 Å². The summed E-state index contributed by atoms with van der Waals surface area (Å²) in [6.07, 6.45) is 0. The van der Waals surface area contributed by atoms with Crippen molar-refractivity contribution in [2.75, 3.05) is 5.32 Å². The maximum absolute atomic E-state index is 13.6. The Hall–Kier alpha value is -1.66. The molecule has 0 atom stereocenters. The van der Waals surface area contributed by atoms with Crippen molar-refractivity contribution in [2.45, 2.75) is 6.54 Å². The summed E-state index contributed by atoms with van der Waals surface area (Å²) in [5, 5.41) is 13.9. The Bertz CT molecular complexity index is 667. The normalized spacial score (nSPS) is 10.3. The minimum atomic E-state index is -0.471. The molecule has 2 aromatic rings. The van der Waals surface area contributed by atoms with E-state index in [1.807, 2.05) is 0 Å². The molecule has 0 aliphatic carbocycles. The number of nitro benzene ring substituents is 1. The quantitative estimate of drug-likeness (QED) is 0.632. The van der Waals surface area contributed by atoms with Gasteiger partial charge in [0.2, 0.25) is 0 Å². The van der Waals surface area contributed by atoms with Crippen molar-refractivity contribution in [1.29, 1.82) is 0 Å². The van der Waals surface area contributed by atoms with Crippen molar-refractivity contribution >= 4 is 38.9 Å². The Balaban J connectivity index is 2.13. The van der Waals surface area contributed by atoms with Crippen LogP contribution in [0.1, 0.15) is 5.56 Å². The second-order valence-corrected chi connectivity index (χ2v) is 5.30. The van der Waals surface area contributed by atoms with Crippen molar-refractivity contribution in [3.05, 3.63) is 67.4 Å². The summed E-state index contributed by atoms with van der Waals surface area (Å²) in [4.78, 5) is 10.2. The van der Waals surface area contributed by atoms with Crippen LogP contribution in [0.15, 0.2) is 40.9 Å². The predicted molar refractivity (Wildman–Crippen MR) is 79.5 cm³/mol. The van der Waals surface area contributed by atoms with E-state index in [1.54, 1.807) is 12.1 Å². The van der Waals surface area contributed by atoms with Crippen LogP contribution in [0.25, 0.3) is 0 Å². The van der Waals surface area contributed by atoms with Crippen LogP contribution in [0.3, 0.4) is 0 Å². The third-order valence-electron chi connectivity index (χ3n) is 2.65. The van der Waals surface area contributed by atoms with E-state index in [0.717, 1.165) is 5.56 Å². The fourth-order valence-corrected chi connectivity index (χ4v) is 2.28. The largest absolute Gasteiger partial charge is 0.379 e. The molecule has 0 saturated carbocycles. The van der Waals surface area contributed by atoms with E-state index < -0.39 is 10.7 Å². The van der Waals surface area contributed by atoms with Crippen molar-refractivity contribution in [2.24, 2.45) is 0 Å². The summed E-state index contributed by atoms with van der Waals surface area (Å²) in [7, 11) is 0. The van der Waals surface area contributed by atoms with Gasteiger partial charge in [-0.15, -0.1) is 0 Å². The first-order valence-corrected chi connectivity index (χ1v) is 6.76. The summed E-state index contributed by atoms with van der Waals surface area (Å²) in [5.41, 5.74) is 1.10. The lowest BCUT2D eigenvalue weighted by Gasteiger charge is -2.09. The molecular weight excluding hydrogens is 351 g/mol. The van der Waals surface area contributed by atoms with E-state index in [9.17, 15) is 14.5 Å². The number of hydrogen-bond donors (Lipinski definition) is 1. The Morgan fingerprint density at radius 2 is 2.05 bits per heavy atom. The number of halogens is 3. The second-order valence-electron chi connectivity index (χ2n) is 4.01. The first-order valence-electron chi connectivity index (χ1n) is 5.59. The summed E-state index contributed by atoms with van der Waals surface area (Å²) in [6.45, 7) is 0.330. The Labute approximate surface area is 127 Å². The molecule has 0 saturated heterocycles. The maximum atomic E-state index is 13.6. The summed E-state index contributed by atoms with van der Waals surface area (Å²) >= 11 is 8.93. The number of hydrogen-bond acceptors (Lipinski definition) is 3. The van der Waals surface area contributed by atoms with Gasteiger partial charge in [0, 0.05) is 28.2 Å². The van der Waals surface area contributed by atoms with E-state index in [0.29, 0.717) is 21.7 Å². The molecule has 2 rings (SSSR count). The topological polar surface area (TPSA) is 55.2 Å². The molecule has 0 unspecified atom stereocenters. The lowest BCUT2D eigenvalue weighted by molar-refractivity contribution is -0.384. The van der Waals surface area contributed by atoms with Gasteiger partial charge in [0.25, 0.3) is 5.69 Å². The molecule has 20 heavy (non-hydrogen) atoms. The zero-order valence-electron chi connectivity index (χ0n) is 10.1. The average Bonchev–Trinajstić information content (AvgIpc) is 2.38. The molecule has 1 N–H and O–H groups in total. The average molecular weight is 360 g/mol. The monoisotopic (exact) mass is 358 g/mol. The van der Waals surface area contributed by atoms with Gasteiger partial charge >= 0.3 is 0 Å². The van der Waals surface area contributed by atoms with Gasteiger partial charge in [0.05, 0.1) is 10.6 Å². The smallest absolute Gasteiger partial charge is 0.270 e. The van der Waals surface area contributed by atoms with Gasteiger partial charge in [0.15, 0.2) is 0 Å². The zero-order valence-corrected chi connectivity index (χ0v) is 12.4. The fraction of sp³-hybridized carbons (Fsp3) is 0.0769. The van der Waals surface area contributed by atoms with Crippen LogP contribution in [-0.4, -0.2) is 4.92 Å². The molecule has 0 fully saturated rings. The first kappa shape index (κ1) is 14.7. The number of nitro groups is 1. The molecule has 0 aliphatic heterocycles. The molecule has 2 aromatic carbocycles. The van der Waals surface area contributed by atoms with E-state index in [1.165, 1.54) is 24.3 Å². The SMILES string of the molecule is O=[N+]([O-])c1ccc(CNc2ccc(Cl)cc2F)c(Br)c1. The molecule has 0 bridgehead atoms. The Morgan fingerprint density at radius 1 is 1.30 bits per heavy atom. The van der Waals surface area contributed by atoms with Crippen LogP contribution in [0.2, 0.25) is 5.02 Å². The third-order valence-corrected chi connectivity index (χ3v) is 3.62. The van der Waals surface area contributed by atoms with Crippen molar-refractivity contribution in [3.8, 4) is 0 Å². The van der Waals surface area contributed by atoms with Crippen LogP contribution in [0.5, 0.6) is 0 Å². The Kier molecular flexibility index (Phi) is 4.57. The molecule has 104 valence electrons. The molecule has 0 amide bonds. The molecule has 0 aliphatic rings. The highest BCUT2D eigenvalue weighted by atomic mass is 79.9. The molecule has 0 spiro atoms. The van der Waals surface area contributed by atoms with Crippen molar-refractivity contribution in [3.63, 3.8) is 0 Å². The molecule has 7 heteroatoms. The van der Waals surface area contributed by atoms with Crippen LogP contribution in [0, 0.1) is 15.9 Å². The molecule has 0 radical (unpaired) electrons. The highest BCUT2D eigenvalue weighted by Gasteiger charge is 2.09. The summed E-state index contributed by atoms with van der Waals surface area (Å²) in [6, 6.07) is 8.77. The van der Waals surface area contributed by atoms with Gasteiger partial charge in [-0.05, 0) is 29.8 Å². The summed E-state index contributed by atoms with van der Waals surface area (Å²) < 4.78 is 14.2. The minimum absolute atomic E-state index is 0.00158. The van der Waals surface area contributed by atoms with Gasteiger partial charge < -0.3 is 5.32 Å². The second kappa shape index (κ2) is 6.19. The lowest BCUT2D eigenvalue weighted by atomic mass is 10.2. The van der Waals surface area contributed by atoms with Gasteiger partial charge in [-0.2, -0.15) is 0 Å². The number of benzene rings is 2. The van der Waals surface area contributed by atoms with Gasteiger partial charge in [0.1, 0.15) is 5.82 Å². The van der Waals surface area contributed by atoms with E-state index in [2.05, 4.69) is 21.2 Å². The highest BCUT2D eigenvalue weighted by Crippen LogP contribution is 2.25. The van der Waals surface area contributed by atoms with E-state index in [4.69, 9.17) is 11.6 Å². The Morgan fingerprint density at radius 3 is 2.65 bits per heavy atom. The number of nitrogens with one attached hydrogen (secondary N) is 1. The molecule has 0 aromatic heterocycles. The maximum Gasteiger partial charge on any atom is 0.270 e. The van der Waals surface area contributed by atoms with Gasteiger partial charge in [-0.3, -0.25) is 10.1 Å². The number of non-ortho nitro benzene ring substituents is 1. The standard InChI is InChI=1S/C13H9BrClFN2O2/c14-11-6-10(18(19)20)3-1-8(11)7-17-13-4-2-9(15)5-12(13)16/h1-6,17H,7H2. The van der Waals surface area contributed by atoms with Crippen molar-refractivity contribution < 1.29 is 9.31 Å². The molecule has 4 nitrogen and oxygen atoms in total. The number of rotatable bonds is 4. The van der Waals surface area contributed by atoms with Gasteiger partial charge in [-0.25, -0.2) is 4.39 Å². The fourth-order valence-electron chi connectivity index (χ4n) is 1.62. The predicted octanol–water partition coefficient (Wildman–Crippen LogP) is 4.76. The summed E-state index contributed by atoms with van der Waals surface area (Å²) in [5.74, 6) is -0.449. The zero-order chi connectivity index (χ0) is 14.7. The van der Waals surface area contributed by atoms with Crippen molar-refractivity contribution in [1.82, 2.24) is 0 Å². The molecular formula is C13H9BrClFN2O2. The lowest BCUT2D eigenvalue weighted by Crippen LogP contribution is -2.02. The number of anilines is 1. The highest BCUT2D eigenvalue weighted by molar-refractivity contribution is 9.10. The first-order chi connectivity index (χ1) is 9.47. The number of nitrogens with zero attached hydrogens (tertiary/aromatic N) is 1. The third kappa shape index (κ3) is 3.46. The van der Waals surface area contributed by atoms with Crippen LogP contribution >= 0.6 is 27.5 Å². The van der Waals surface area contributed by atoms with Gasteiger partial charge in [-0.1, -0.05) is 27.5 Å². The van der Waals surface area contributed by atoms with E-state index in [-0.39, 0.29) is 5.69 Å². The van der Waals surface area contributed by atoms with Crippen LogP contribution in [-0.2, 0) is 6.54 Å². The minimum Gasteiger partial charge on any atom is -0.379 e.